The fraction of sp³-hybridized carbons (Fsp3) is 0.200. The van der Waals surface area contributed by atoms with Crippen LogP contribution in [0.3, 0.4) is 0 Å². The molecule has 0 unspecified atom stereocenters. The predicted octanol–water partition coefficient (Wildman–Crippen LogP) is 4.09. The maximum absolute atomic E-state index is 14.0. The Kier molecular flexibility index (Phi) is 5.15. The van der Waals surface area contributed by atoms with Crippen LogP contribution in [0.15, 0.2) is 60.7 Å². The standard InChI is InChI=1S/C25H22O6/c1-28-15-9-11-19(21(13-15)30-3)25(20-12-10-16(29-2)14-22(20)31-4)23(26)17-7-5-6-8-18(17)24(25)27/h5-14H,1-4H3. The molecule has 3 aromatic rings. The van der Waals surface area contributed by atoms with Crippen LogP contribution in [0.4, 0.5) is 0 Å². The van der Waals surface area contributed by atoms with Crippen LogP contribution in [-0.4, -0.2) is 40.0 Å². The molecular formula is C25H22O6. The molecule has 0 fully saturated rings. The molecule has 0 saturated heterocycles. The molecule has 0 aromatic heterocycles. The van der Waals surface area contributed by atoms with E-state index >= 15 is 0 Å². The van der Waals surface area contributed by atoms with E-state index in [1.807, 2.05) is 0 Å². The molecule has 0 amide bonds. The zero-order valence-electron chi connectivity index (χ0n) is 17.7. The van der Waals surface area contributed by atoms with E-state index in [2.05, 4.69) is 0 Å². The monoisotopic (exact) mass is 418 g/mol. The normalized spacial score (nSPS) is 14.2. The Morgan fingerprint density at radius 3 is 1.35 bits per heavy atom. The second kappa shape index (κ2) is 7.80. The van der Waals surface area contributed by atoms with Crippen molar-refractivity contribution in [2.24, 2.45) is 0 Å². The van der Waals surface area contributed by atoms with Crippen molar-refractivity contribution in [1.29, 1.82) is 0 Å². The van der Waals surface area contributed by atoms with Crippen LogP contribution in [0.5, 0.6) is 23.0 Å². The number of rotatable bonds is 6. The average Bonchev–Trinajstić information content (AvgIpc) is 3.05. The number of ether oxygens (including phenoxy) is 4. The van der Waals surface area contributed by atoms with Crippen molar-refractivity contribution in [1.82, 2.24) is 0 Å². The number of Topliss-reactive ketones (excluding diaryl/α,β-unsaturated/α-hetero) is 2. The highest BCUT2D eigenvalue weighted by molar-refractivity contribution is 6.35. The number of hydrogen-bond donors (Lipinski definition) is 0. The molecule has 0 aliphatic heterocycles. The summed E-state index contributed by atoms with van der Waals surface area (Å²) in [7, 11) is 6.07. The number of carbonyl (C=O) groups excluding carboxylic acids is 2. The number of ketones is 2. The van der Waals surface area contributed by atoms with Gasteiger partial charge in [-0.3, -0.25) is 9.59 Å². The summed E-state index contributed by atoms with van der Waals surface area (Å²) >= 11 is 0. The molecule has 6 heteroatoms. The predicted molar refractivity (Wildman–Crippen MR) is 115 cm³/mol. The lowest BCUT2D eigenvalue weighted by Gasteiger charge is -2.30. The molecule has 158 valence electrons. The molecule has 1 aliphatic rings. The second-order valence-electron chi connectivity index (χ2n) is 7.09. The second-order valence-corrected chi connectivity index (χ2v) is 7.09. The van der Waals surface area contributed by atoms with Gasteiger partial charge < -0.3 is 18.9 Å². The SMILES string of the molecule is COc1ccc(C2(c3ccc(OC)cc3OC)C(=O)c3ccccc3C2=O)c(OC)c1. The van der Waals surface area contributed by atoms with Crippen LogP contribution in [0.1, 0.15) is 31.8 Å². The van der Waals surface area contributed by atoms with Gasteiger partial charge in [-0.15, -0.1) is 0 Å². The van der Waals surface area contributed by atoms with Gasteiger partial charge in [0.2, 0.25) is 0 Å². The molecule has 31 heavy (non-hydrogen) atoms. The third kappa shape index (κ3) is 2.86. The van der Waals surface area contributed by atoms with Crippen molar-refractivity contribution in [3.8, 4) is 23.0 Å². The molecule has 4 rings (SSSR count). The summed E-state index contributed by atoms with van der Waals surface area (Å²) in [5.41, 5.74) is -0.0961. The van der Waals surface area contributed by atoms with Crippen LogP contribution in [-0.2, 0) is 5.41 Å². The lowest BCUT2D eigenvalue weighted by atomic mass is 9.69. The quantitative estimate of drug-likeness (QED) is 0.562. The largest absolute Gasteiger partial charge is 0.497 e. The Bertz CT molecular complexity index is 1090. The number of fused-ring (bicyclic) bond motifs is 1. The van der Waals surface area contributed by atoms with E-state index in [9.17, 15) is 9.59 Å². The Morgan fingerprint density at radius 1 is 0.581 bits per heavy atom. The minimum absolute atomic E-state index is 0.333. The summed E-state index contributed by atoms with van der Waals surface area (Å²) in [5.74, 6) is 1.17. The molecule has 6 nitrogen and oxygen atoms in total. The van der Waals surface area contributed by atoms with Crippen molar-refractivity contribution in [2.45, 2.75) is 5.41 Å². The summed E-state index contributed by atoms with van der Waals surface area (Å²) in [6.07, 6.45) is 0. The molecular weight excluding hydrogens is 396 g/mol. The van der Waals surface area contributed by atoms with Gasteiger partial charge in [-0.05, 0) is 24.3 Å². The smallest absolute Gasteiger partial charge is 0.186 e. The minimum Gasteiger partial charge on any atom is -0.497 e. The van der Waals surface area contributed by atoms with Crippen LogP contribution < -0.4 is 18.9 Å². The van der Waals surface area contributed by atoms with Gasteiger partial charge in [0.05, 0.1) is 28.4 Å². The first-order valence-corrected chi connectivity index (χ1v) is 9.66. The van der Waals surface area contributed by atoms with Crippen LogP contribution >= 0.6 is 0 Å². The molecule has 3 aromatic carbocycles. The van der Waals surface area contributed by atoms with Gasteiger partial charge in [0.25, 0.3) is 0 Å². The Hall–Kier alpha value is -3.80. The van der Waals surface area contributed by atoms with E-state index in [1.165, 1.54) is 14.2 Å². The molecule has 0 spiro atoms. The summed E-state index contributed by atoms with van der Waals surface area (Å²) in [6, 6.07) is 17.0. The van der Waals surface area contributed by atoms with Crippen molar-refractivity contribution in [3.63, 3.8) is 0 Å². The van der Waals surface area contributed by atoms with Gasteiger partial charge in [-0.25, -0.2) is 0 Å². The maximum Gasteiger partial charge on any atom is 0.186 e. The van der Waals surface area contributed by atoms with Gasteiger partial charge >= 0.3 is 0 Å². The zero-order valence-corrected chi connectivity index (χ0v) is 17.7. The highest BCUT2D eigenvalue weighted by atomic mass is 16.5. The summed E-state index contributed by atoms with van der Waals surface area (Å²) in [6.45, 7) is 0. The van der Waals surface area contributed by atoms with Crippen molar-refractivity contribution >= 4 is 11.6 Å². The molecule has 0 saturated carbocycles. The van der Waals surface area contributed by atoms with E-state index in [-0.39, 0.29) is 11.6 Å². The fourth-order valence-electron chi connectivity index (χ4n) is 4.24. The van der Waals surface area contributed by atoms with Gasteiger partial charge in [0.15, 0.2) is 17.0 Å². The highest BCUT2D eigenvalue weighted by Crippen LogP contribution is 2.51. The highest BCUT2D eigenvalue weighted by Gasteiger charge is 2.57. The Balaban J connectivity index is 2.11. The van der Waals surface area contributed by atoms with Gasteiger partial charge in [0.1, 0.15) is 23.0 Å². The van der Waals surface area contributed by atoms with Crippen molar-refractivity contribution < 1.29 is 28.5 Å². The summed E-state index contributed by atoms with van der Waals surface area (Å²) in [4.78, 5) is 28.0. The fourth-order valence-corrected chi connectivity index (χ4v) is 4.24. The third-order valence-corrected chi connectivity index (χ3v) is 5.72. The third-order valence-electron chi connectivity index (χ3n) is 5.72. The first kappa shape index (κ1) is 20.5. The number of carbonyl (C=O) groups is 2. The lowest BCUT2D eigenvalue weighted by molar-refractivity contribution is 0.0824. The number of methoxy groups -OCH3 is 4. The molecule has 0 bridgehead atoms. The minimum atomic E-state index is -1.67. The summed E-state index contributed by atoms with van der Waals surface area (Å²) < 4.78 is 21.8. The van der Waals surface area contributed by atoms with Gasteiger partial charge in [-0.2, -0.15) is 0 Å². The first-order chi connectivity index (χ1) is 15.0. The zero-order chi connectivity index (χ0) is 22.2. The van der Waals surface area contributed by atoms with Gasteiger partial charge in [-0.1, -0.05) is 24.3 Å². The van der Waals surface area contributed by atoms with Crippen LogP contribution in [0.25, 0.3) is 0 Å². The average molecular weight is 418 g/mol. The van der Waals surface area contributed by atoms with E-state index < -0.39 is 5.41 Å². The Labute approximate surface area is 180 Å². The lowest BCUT2D eigenvalue weighted by Crippen LogP contribution is -2.40. The van der Waals surface area contributed by atoms with E-state index in [4.69, 9.17) is 18.9 Å². The molecule has 0 heterocycles. The van der Waals surface area contributed by atoms with E-state index in [0.717, 1.165) is 0 Å². The number of benzene rings is 3. The van der Waals surface area contributed by atoms with Crippen LogP contribution in [0.2, 0.25) is 0 Å². The molecule has 1 aliphatic carbocycles. The molecule has 0 atom stereocenters. The molecule has 0 N–H and O–H groups in total. The Morgan fingerprint density at radius 2 is 1.00 bits per heavy atom. The topological polar surface area (TPSA) is 71.1 Å². The number of hydrogen-bond acceptors (Lipinski definition) is 6. The van der Waals surface area contributed by atoms with Crippen molar-refractivity contribution in [2.75, 3.05) is 28.4 Å². The van der Waals surface area contributed by atoms with E-state index in [0.29, 0.717) is 45.3 Å². The summed E-state index contributed by atoms with van der Waals surface area (Å²) in [5, 5.41) is 0. The van der Waals surface area contributed by atoms with Gasteiger partial charge in [0, 0.05) is 34.4 Å². The van der Waals surface area contributed by atoms with Crippen LogP contribution in [0, 0.1) is 0 Å². The van der Waals surface area contributed by atoms with E-state index in [1.54, 1.807) is 74.9 Å². The molecule has 0 radical (unpaired) electrons. The first-order valence-electron chi connectivity index (χ1n) is 9.66. The maximum atomic E-state index is 14.0. The van der Waals surface area contributed by atoms with Crippen molar-refractivity contribution in [3.05, 3.63) is 82.9 Å².